The molecule has 1 aromatic rings. The number of hydrogen-bond donors (Lipinski definition) is 1. The van der Waals surface area contributed by atoms with E-state index >= 15 is 0 Å². The van der Waals surface area contributed by atoms with Gasteiger partial charge in [-0.15, -0.1) is 0 Å². The summed E-state index contributed by atoms with van der Waals surface area (Å²) in [6, 6.07) is 3.97. The average Bonchev–Trinajstić information content (AvgIpc) is 2.41. The Kier molecular flexibility index (Phi) is 4.50. The first-order chi connectivity index (χ1) is 9.10. The molecule has 1 fully saturated rings. The molecule has 1 saturated heterocycles. The number of pyridine rings is 1. The van der Waals surface area contributed by atoms with Gasteiger partial charge in [0.2, 0.25) is 0 Å². The first kappa shape index (κ1) is 14.0. The summed E-state index contributed by atoms with van der Waals surface area (Å²) in [5.41, 5.74) is 1.10. The van der Waals surface area contributed by atoms with Crippen molar-refractivity contribution in [2.45, 2.75) is 38.5 Å². The molecule has 0 bridgehead atoms. The lowest BCUT2D eigenvalue weighted by Crippen LogP contribution is -2.42. The normalized spacial score (nSPS) is 24.3. The number of aromatic nitrogens is 1. The first-order valence-electron chi connectivity index (χ1n) is 6.55. The van der Waals surface area contributed by atoms with Crippen LogP contribution in [0.25, 0.3) is 0 Å². The molecule has 2 atom stereocenters. The molecular formula is C14H20N2O3. The van der Waals surface area contributed by atoms with Gasteiger partial charge >= 0.3 is 5.97 Å². The van der Waals surface area contributed by atoms with Crippen molar-refractivity contribution in [2.24, 2.45) is 0 Å². The highest BCUT2D eigenvalue weighted by Gasteiger charge is 2.25. The number of hydrogen-bond acceptors (Lipinski definition) is 4. The summed E-state index contributed by atoms with van der Waals surface area (Å²) in [6.07, 6.45) is 3.95. The second-order valence-corrected chi connectivity index (χ2v) is 5.06. The molecule has 0 spiro atoms. The van der Waals surface area contributed by atoms with Crippen molar-refractivity contribution in [3.8, 4) is 0 Å². The van der Waals surface area contributed by atoms with Crippen LogP contribution < -0.4 is 0 Å². The molecule has 2 unspecified atom stereocenters. The van der Waals surface area contributed by atoms with Gasteiger partial charge in [0.15, 0.2) is 0 Å². The van der Waals surface area contributed by atoms with Gasteiger partial charge in [0.1, 0.15) is 5.69 Å². The van der Waals surface area contributed by atoms with Crippen molar-refractivity contribution in [2.75, 3.05) is 13.7 Å². The van der Waals surface area contributed by atoms with E-state index in [2.05, 4.69) is 16.8 Å². The van der Waals surface area contributed by atoms with Crippen molar-refractivity contribution in [1.82, 2.24) is 9.88 Å². The van der Waals surface area contributed by atoms with E-state index in [0.717, 1.165) is 31.5 Å². The van der Waals surface area contributed by atoms with Crippen LogP contribution in [0.1, 0.15) is 35.8 Å². The fourth-order valence-corrected chi connectivity index (χ4v) is 2.55. The summed E-state index contributed by atoms with van der Waals surface area (Å²) in [5, 5.41) is 8.94. The summed E-state index contributed by atoms with van der Waals surface area (Å²) in [5.74, 6) is -0.979. The number of carbonyl (C=O) groups is 1. The van der Waals surface area contributed by atoms with E-state index in [1.165, 1.54) is 0 Å². The minimum Gasteiger partial charge on any atom is -0.477 e. The smallest absolute Gasteiger partial charge is 0.354 e. The zero-order chi connectivity index (χ0) is 13.8. The molecule has 2 heterocycles. The molecule has 0 amide bonds. The standard InChI is InChI=1S/C14H20N2O3/c1-10-7-12(19-2)4-6-16(10)9-11-3-5-15-13(8-11)14(17)18/h3,5,8,10,12H,4,6-7,9H2,1-2H3,(H,17,18). The van der Waals surface area contributed by atoms with E-state index in [-0.39, 0.29) is 5.69 Å². The number of nitrogens with zero attached hydrogens (tertiary/aromatic N) is 2. The molecule has 0 saturated carbocycles. The van der Waals surface area contributed by atoms with Crippen molar-refractivity contribution in [1.29, 1.82) is 0 Å². The molecule has 1 N–H and O–H groups in total. The summed E-state index contributed by atoms with van der Waals surface area (Å²) in [4.78, 5) is 17.1. The lowest BCUT2D eigenvalue weighted by atomic mass is 10.00. The Morgan fingerprint density at radius 1 is 1.63 bits per heavy atom. The zero-order valence-corrected chi connectivity index (χ0v) is 11.4. The minimum absolute atomic E-state index is 0.108. The highest BCUT2D eigenvalue weighted by atomic mass is 16.5. The van der Waals surface area contributed by atoms with Crippen LogP contribution >= 0.6 is 0 Å². The Morgan fingerprint density at radius 2 is 2.42 bits per heavy atom. The van der Waals surface area contributed by atoms with Gasteiger partial charge in [0.05, 0.1) is 6.10 Å². The maximum absolute atomic E-state index is 10.9. The van der Waals surface area contributed by atoms with Crippen LogP contribution in [-0.4, -0.2) is 46.8 Å². The van der Waals surface area contributed by atoms with Crippen LogP contribution in [0, 0.1) is 0 Å². The van der Waals surface area contributed by atoms with Crippen molar-refractivity contribution < 1.29 is 14.6 Å². The van der Waals surface area contributed by atoms with Crippen LogP contribution in [0.2, 0.25) is 0 Å². The Labute approximate surface area is 113 Å². The summed E-state index contributed by atoms with van der Waals surface area (Å²) >= 11 is 0. The lowest BCUT2D eigenvalue weighted by Gasteiger charge is -2.37. The summed E-state index contributed by atoms with van der Waals surface area (Å²) in [6.45, 7) is 3.93. The number of likely N-dealkylation sites (tertiary alicyclic amines) is 1. The molecule has 0 aliphatic carbocycles. The predicted molar refractivity (Wildman–Crippen MR) is 71.1 cm³/mol. The monoisotopic (exact) mass is 264 g/mol. The lowest BCUT2D eigenvalue weighted by molar-refractivity contribution is 0.0129. The van der Waals surface area contributed by atoms with E-state index in [4.69, 9.17) is 9.84 Å². The highest BCUT2D eigenvalue weighted by Crippen LogP contribution is 2.21. The van der Waals surface area contributed by atoms with E-state index in [1.807, 2.05) is 6.07 Å². The Morgan fingerprint density at radius 3 is 3.05 bits per heavy atom. The van der Waals surface area contributed by atoms with E-state index in [0.29, 0.717) is 12.1 Å². The Hall–Kier alpha value is -1.46. The number of methoxy groups -OCH3 is 1. The van der Waals surface area contributed by atoms with Crippen LogP contribution in [0.4, 0.5) is 0 Å². The highest BCUT2D eigenvalue weighted by molar-refractivity contribution is 5.85. The maximum atomic E-state index is 10.9. The van der Waals surface area contributed by atoms with Crippen LogP contribution in [0.3, 0.4) is 0 Å². The molecule has 0 radical (unpaired) electrons. The van der Waals surface area contributed by atoms with E-state index in [1.54, 1.807) is 19.4 Å². The third kappa shape index (κ3) is 3.52. The van der Waals surface area contributed by atoms with E-state index < -0.39 is 5.97 Å². The topological polar surface area (TPSA) is 62.7 Å². The van der Waals surface area contributed by atoms with Gasteiger partial charge in [0, 0.05) is 32.4 Å². The second kappa shape index (κ2) is 6.12. The van der Waals surface area contributed by atoms with Crippen LogP contribution in [0.5, 0.6) is 0 Å². The van der Waals surface area contributed by atoms with Gasteiger partial charge < -0.3 is 9.84 Å². The van der Waals surface area contributed by atoms with Gasteiger partial charge in [-0.25, -0.2) is 9.78 Å². The van der Waals surface area contributed by atoms with Crippen molar-refractivity contribution in [3.05, 3.63) is 29.6 Å². The van der Waals surface area contributed by atoms with Gasteiger partial charge in [-0.3, -0.25) is 4.90 Å². The molecule has 1 aliphatic rings. The molecule has 0 aromatic carbocycles. The Balaban J connectivity index is 2.01. The number of aromatic carboxylic acids is 1. The molecule has 19 heavy (non-hydrogen) atoms. The minimum atomic E-state index is -0.979. The van der Waals surface area contributed by atoms with Gasteiger partial charge in [-0.2, -0.15) is 0 Å². The molecule has 5 nitrogen and oxygen atoms in total. The van der Waals surface area contributed by atoms with Crippen LogP contribution in [-0.2, 0) is 11.3 Å². The fourth-order valence-electron chi connectivity index (χ4n) is 2.55. The molecule has 5 heteroatoms. The Bertz CT molecular complexity index is 450. The molecular weight excluding hydrogens is 244 g/mol. The van der Waals surface area contributed by atoms with Crippen molar-refractivity contribution in [3.63, 3.8) is 0 Å². The molecule has 104 valence electrons. The number of carboxylic acids is 1. The number of rotatable bonds is 4. The molecule has 1 aromatic heterocycles. The SMILES string of the molecule is COC1CCN(Cc2ccnc(C(=O)O)c2)C(C)C1. The largest absolute Gasteiger partial charge is 0.477 e. The maximum Gasteiger partial charge on any atom is 0.354 e. The number of piperidine rings is 1. The van der Waals surface area contributed by atoms with Gasteiger partial charge in [-0.05, 0) is 37.5 Å². The molecule has 2 rings (SSSR count). The fraction of sp³-hybridized carbons (Fsp3) is 0.571. The predicted octanol–water partition coefficient (Wildman–Crippen LogP) is 1.78. The third-order valence-corrected chi connectivity index (χ3v) is 3.73. The average molecular weight is 264 g/mol. The van der Waals surface area contributed by atoms with Crippen LogP contribution in [0.15, 0.2) is 18.3 Å². The first-order valence-corrected chi connectivity index (χ1v) is 6.55. The van der Waals surface area contributed by atoms with Gasteiger partial charge in [-0.1, -0.05) is 0 Å². The molecule has 1 aliphatic heterocycles. The van der Waals surface area contributed by atoms with E-state index in [9.17, 15) is 4.79 Å². The summed E-state index contributed by atoms with van der Waals surface area (Å²) < 4.78 is 5.40. The third-order valence-electron chi connectivity index (χ3n) is 3.73. The zero-order valence-electron chi connectivity index (χ0n) is 11.4. The van der Waals surface area contributed by atoms with Gasteiger partial charge in [0.25, 0.3) is 0 Å². The second-order valence-electron chi connectivity index (χ2n) is 5.06. The number of carboxylic acid groups (broad SMARTS) is 1. The van der Waals surface area contributed by atoms with Crippen molar-refractivity contribution >= 4 is 5.97 Å². The number of ether oxygens (including phenoxy) is 1. The quantitative estimate of drug-likeness (QED) is 0.898. The summed E-state index contributed by atoms with van der Waals surface area (Å²) in [7, 11) is 1.76.